The quantitative estimate of drug-likeness (QED) is 0.797. The first-order chi connectivity index (χ1) is 10.8. The number of hydrogen-bond acceptors (Lipinski definition) is 3. The molecule has 0 bridgehead atoms. The first-order valence-corrected chi connectivity index (χ1v) is 9.11. The van der Waals surface area contributed by atoms with Crippen molar-refractivity contribution in [2.24, 2.45) is 0 Å². The molecule has 4 nitrogen and oxygen atoms in total. The van der Waals surface area contributed by atoms with Gasteiger partial charge in [0.1, 0.15) is 4.75 Å². The van der Waals surface area contributed by atoms with Crippen molar-refractivity contribution in [3.63, 3.8) is 0 Å². The van der Waals surface area contributed by atoms with Gasteiger partial charge in [-0.1, -0.05) is 11.6 Å². The van der Waals surface area contributed by atoms with Crippen molar-refractivity contribution < 1.29 is 26.4 Å². The van der Waals surface area contributed by atoms with Crippen LogP contribution in [0.15, 0.2) is 18.2 Å². The molecule has 24 heavy (non-hydrogen) atoms. The normalized spacial score (nSPS) is 16.1. The van der Waals surface area contributed by atoms with Crippen LogP contribution in [0, 0.1) is 0 Å². The highest BCUT2D eigenvalue weighted by molar-refractivity contribution is 7.94. The molecule has 0 N–H and O–H groups in total. The molecule has 0 aliphatic heterocycles. The number of halogens is 4. The molecule has 1 aliphatic carbocycles. The molecule has 134 valence electrons. The third-order valence-corrected chi connectivity index (χ3v) is 7.41. The van der Waals surface area contributed by atoms with Crippen LogP contribution in [0.25, 0.3) is 0 Å². The van der Waals surface area contributed by atoms with Gasteiger partial charge in [0.05, 0.1) is 15.8 Å². The molecule has 0 heterocycles. The number of rotatable bonds is 4. The van der Waals surface area contributed by atoms with Crippen LogP contribution >= 0.6 is 11.6 Å². The Hall–Kier alpha value is -1.28. The molecule has 1 saturated carbocycles. The summed E-state index contributed by atoms with van der Waals surface area (Å²) < 4.78 is 62.0. The molecule has 0 aromatic heterocycles. The minimum Gasteiger partial charge on any atom is -0.314 e. The summed E-state index contributed by atoms with van der Waals surface area (Å²) in [6.45, 7) is 2.56. The Labute approximate surface area is 143 Å². The van der Waals surface area contributed by atoms with E-state index in [1.165, 1.54) is 27.0 Å². The summed E-state index contributed by atoms with van der Waals surface area (Å²) in [5.74, 6) is -0.787. The zero-order valence-electron chi connectivity index (χ0n) is 13.3. The number of benzene rings is 1. The Kier molecular flexibility index (Phi) is 4.69. The van der Waals surface area contributed by atoms with Crippen molar-refractivity contribution >= 4 is 33.0 Å². The van der Waals surface area contributed by atoms with Crippen LogP contribution in [0.2, 0.25) is 5.02 Å². The minimum absolute atomic E-state index is 0.0733. The van der Waals surface area contributed by atoms with Crippen LogP contribution < -0.4 is 4.90 Å². The van der Waals surface area contributed by atoms with Crippen molar-refractivity contribution in [2.75, 3.05) is 11.9 Å². The molecular formula is C15H17ClF3NO3S. The van der Waals surface area contributed by atoms with Crippen LogP contribution in [0.5, 0.6) is 0 Å². The number of anilines is 1. The lowest BCUT2D eigenvalue weighted by Gasteiger charge is -2.29. The van der Waals surface area contributed by atoms with Gasteiger partial charge < -0.3 is 4.90 Å². The van der Waals surface area contributed by atoms with E-state index in [-0.39, 0.29) is 5.69 Å². The Morgan fingerprint density at radius 2 is 1.79 bits per heavy atom. The molecule has 1 fully saturated rings. The number of amides is 1. The van der Waals surface area contributed by atoms with E-state index in [1.807, 2.05) is 0 Å². The van der Waals surface area contributed by atoms with Gasteiger partial charge in [-0.05, 0) is 44.9 Å². The zero-order chi connectivity index (χ0) is 18.5. The number of carbonyl (C=O) groups is 1. The van der Waals surface area contributed by atoms with Gasteiger partial charge in [0.2, 0.25) is 5.91 Å². The van der Waals surface area contributed by atoms with Crippen molar-refractivity contribution in [3.8, 4) is 0 Å². The Morgan fingerprint density at radius 1 is 1.25 bits per heavy atom. The maximum absolute atomic E-state index is 12.9. The average Bonchev–Trinajstić information content (AvgIpc) is 3.29. The van der Waals surface area contributed by atoms with Crippen molar-refractivity contribution in [2.45, 2.75) is 42.9 Å². The minimum atomic E-state index is -4.67. The van der Waals surface area contributed by atoms with E-state index in [0.717, 1.165) is 17.0 Å². The Bertz CT molecular complexity index is 771. The van der Waals surface area contributed by atoms with Crippen LogP contribution in [0.3, 0.4) is 0 Å². The van der Waals surface area contributed by atoms with E-state index >= 15 is 0 Å². The second-order valence-electron chi connectivity index (χ2n) is 6.28. The predicted octanol–water partition coefficient (Wildman–Crippen LogP) is 3.68. The Balaban J connectivity index is 2.38. The van der Waals surface area contributed by atoms with Crippen LogP contribution in [0.4, 0.5) is 18.9 Å². The van der Waals surface area contributed by atoms with Crippen molar-refractivity contribution in [1.82, 2.24) is 0 Å². The smallest absolute Gasteiger partial charge is 0.314 e. The predicted molar refractivity (Wildman–Crippen MR) is 85.9 cm³/mol. The number of alkyl halides is 3. The second-order valence-corrected chi connectivity index (χ2v) is 9.47. The lowest BCUT2D eigenvalue weighted by atomic mass is 10.1. The fraction of sp³-hybridized carbons (Fsp3) is 0.533. The average molecular weight is 384 g/mol. The maximum atomic E-state index is 12.9. The molecule has 0 radical (unpaired) electrons. The molecule has 0 unspecified atom stereocenters. The zero-order valence-corrected chi connectivity index (χ0v) is 14.9. The number of nitrogens with zero attached hydrogens (tertiary/aromatic N) is 1. The number of hydrogen-bond donors (Lipinski definition) is 0. The molecule has 2 rings (SSSR count). The highest BCUT2D eigenvalue weighted by atomic mass is 35.5. The first kappa shape index (κ1) is 19.1. The fourth-order valence-electron chi connectivity index (χ4n) is 2.38. The largest absolute Gasteiger partial charge is 0.417 e. The monoisotopic (exact) mass is 383 g/mol. The SMILES string of the molecule is CN(C(=O)C(C)(C)S(=O)(=O)C1CC1)c1ccc(Cl)c(C(F)(F)F)c1. The molecule has 0 atom stereocenters. The summed E-state index contributed by atoms with van der Waals surface area (Å²) in [6, 6.07) is 3.02. The third-order valence-electron chi connectivity index (χ3n) is 4.14. The molecule has 1 aromatic rings. The molecule has 0 spiro atoms. The van der Waals surface area contributed by atoms with E-state index in [1.54, 1.807) is 0 Å². The van der Waals surface area contributed by atoms with E-state index in [0.29, 0.717) is 12.8 Å². The highest BCUT2D eigenvalue weighted by Gasteiger charge is 2.51. The topological polar surface area (TPSA) is 54.5 Å². The van der Waals surface area contributed by atoms with Gasteiger partial charge in [-0.15, -0.1) is 0 Å². The van der Waals surface area contributed by atoms with Gasteiger partial charge in [0, 0.05) is 12.7 Å². The van der Waals surface area contributed by atoms with Crippen LogP contribution in [-0.2, 0) is 20.8 Å². The summed E-state index contributed by atoms with van der Waals surface area (Å²) >= 11 is 5.56. The van der Waals surface area contributed by atoms with Gasteiger partial charge >= 0.3 is 6.18 Å². The second kappa shape index (κ2) is 5.91. The number of sulfone groups is 1. The lowest BCUT2D eigenvalue weighted by molar-refractivity contribution is -0.137. The summed E-state index contributed by atoms with van der Waals surface area (Å²) in [4.78, 5) is 13.5. The molecule has 0 saturated heterocycles. The summed E-state index contributed by atoms with van der Waals surface area (Å²) in [5, 5.41) is -1.04. The standard InChI is InChI=1S/C15H17ClF3NO3S/c1-14(2,24(22,23)10-5-6-10)13(21)20(3)9-4-7-12(16)11(8-9)15(17,18)19/h4,7-8,10H,5-6H2,1-3H3. The fourth-order valence-corrected chi connectivity index (χ4v) is 4.57. The van der Waals surface area contributed by atoms with Crippen LogP contribution in [0.1, 0.15) is 32.3 Å². The van der Waals surface area contributed by atoms with Gasteiger partial charge in [-0.3, -0.25) is 4.79 Å². The first-order valence-electron chi connectivity index (χ1n) is 7.18. The van der Waals surface area contributed by atoms with E-state index in [4.69, 9.17) is 11.6 Å². The van der Waals surface area contributed by atoms with Gasteiger partial charge in [-0.2, -0.15) is 13.2 Å². The highest BCUT2D eigenvalue weighted by Crippen LogP contribution is 2.39. The third kappa shape index (κ3) is 3.26. The maximum Gasteiger partial charge on any atom is 0.417 e. The van der Waals surface area contributed by atoms with Crippen LogP contribution in [-0.4, -0.2) is 31.4 Å². The molecule has 1 aromatic carbocycles. The summed E-state index contributed by atoms with van der Waals surface area (Å²) in [7, 11) is -2.46. The molecule has 9 heteroatoms. The lowest BCUT2D eigenvalue weighted by Crippen LogP contribution is -2.50. The van der Waals surface area contributed by atoms with Gasteiger partial charge in [0.25, 0.3) is 0 Å². The van der Waals surface area contributed by atoms with E-state index in [9.17, 15) is 26.4 Å². The van der Waals surface area contributed by atoms with E-state index in [2.05, 4.69) is 0 Å². The Morgan fingerprint density at radius 3 is 2.25 bits per heavy atom. The summed E-state index contributed by atoms with van der Waals surface area (Å²) in [5.41, 5.74) is -1.15. The summed E-state index contributed by atoms with van der Waals surface area (Å²) in [6.07, 6.45) is -3.67. The number of carbonyl (C=O) groups excluding carboxylic acids is 1. The molecular weight excluding hydrogens is 367 g/mol. The molecule has 1 aliphatic rings. The van der Waals surface area contributed by atoms with Gasteiger partial charge in [-0.25, -0.2) is 8.42 Å². The van der Waals surface area contributed by atoms with E-state index < -0.39 is 42.5 Å². The van der Waals surface area contributed by atoms with Gasteiger partial charge in [0.15, 0.2) is 9.84 Å². The van der Waals surface area contributed by atoms with Crippen molar-refractivity contribution in [1.29, 1.82) is 0 Å². The molecule has 1 amide bonds. The van der Waals surface area contributed by atoms with Crippen molar-refractivity contribution in [3.05, 3.63) is 28.8 Å².